The Labute approximate surface area is 197 Å². The first-order chi connectivity index (χ1) is 15.3. The van der Waals surface area contributed by atoms with Crippen LogP contribution in [0.5, 0.6) is 17.2 Å². The van der Waals surface area contributed by atoms with Gasteiger partial charge in [0, 0.05) is 12.0 Å². The van der Waals surface area contributed by atoms with Crippen molar-refractivity contribution < 1.29 is 28.9 Å². The first-order valence-corrected chi connectivity index (χ1v) is 11.7. The third kappa shape index (κ3) is 5.63. The van der Waals surface area contributed by atoms with Crippen LogP contribution in [0.2, 0.25) is 0 Å². The third-order valence-electron chi connectivity index (χ3n) is 5.64. The molecule has 1 saturated carbocycles. The second-order valence-electron chi connectivity index (χ2n) is 8.03. The molecular weight excluding hydrogens is 476 g/mol. The van der Waals surface area contributed by atoms with Gasteiger partial charge in [0.05, 0.1) is 22.7 Å². The fourth-order valence-corrected chi connectivity index (χ4v) is 4.49. The summed E-state index contributed by atoms with van der Waals surface area (Å²) >= 11 is 3.47. The summed E-state index contributed by atoms with van der Waals surface area (Å²) in [5.41, 5.74) is 1.46. The van der Waals surface area contributed by atoms with E-state index in [4.69, 9.17) is 14.2 Å². The highest BCUT2D eigenvalue weighted by Crippen LogP contribution is 2.36. The summed E-state index contributed by atoms with van der Waals surface area (Å²) in [7, 11) is 1.35. The zero-order valence-electron chi connectivity index (χ0n) is 18.7. The molecule has 1 N–H and O–H groups in total. The smallest absolute Gasteiger partial charge is 0.337 e. The molecule has 0 saturated heterocycles. The Balaban J connectivity index is 1.71. The van der Waals surface area contributed by atoms with Crippen LogP contribution in [-0.4, -0.2) is 36.2 Å². The summed E-state index contributed by atoms with van der Waals surface area (Å²) in [5, 5.41) is 10.6. The van der Waals surface area contributed by atoms with E-state index in [1.165, 1.54) is 14.0 Å². The molecule has 1 fully saturated rings. The maximum atomic E-state index is 11.8. The summed E-state index contributed by atoms with van der Waals surface area (Å²) in [6.07, 6.45) is 4.82. The molecule has 2 unspecified atom stereocenters. The Morgan fingerprint density at radius 3 is 2.34 bits per heavy atom. The predicted molar refractivity (Wildman–Crippen MR) is 125 cm³/mol. The SMILES string of the molecule is CCCc1c(OC2CCCC(Oc3ccc(C(=O)OC)cc3Br)C2)ccc(C(C)=O)c1O. The van der Waals surface area contributed by atoms with Gasteiger partial charge in [0.1, 0.15) is 29.5 Å². The number of rotatable bonds is 8. The lowest BCUT2D eigenvalue weighted by atomic mass is 9.94. The molecule has 32 heavy (non-hydrogen) atoms. The monoisotopic (exact) mass is 504 g/mol. The lowest BCUT2D eigenvalue weighted by Gasteiger charge is -2.31. The van der Waals surface area contributed by atoms with Gasteiger partial charge in [0.15, 0.2) is 5.78 Å². The summed E-state index contributed by atoms with van der Waals surface area (Å²) in [4.78, 5) is 23.5. The van der Waals surface area contributed by atoms with Crippen LogP contribution in [0.1, 0.15) is 72.2 Å². The van der Waals surface area contributed by atoms with Crippen LogP contribution in [0.3, 0.4) is 0 Å². The minimum absolute atomic E-state index is 0.0232. The number of phenolic OH excluding ortho intramolecular Hbond substituents is 1. The minimum atomic E-state index is -0.398. The number of hydrogen-bond donors (Lipinski definition) is 1. The molecule has 172 valence electrons. The molecule has 2 aromatic carbocycles. The van der Waals surface area contributed by atoms with Crippen molar-refractivity contribution >= 4 is 27.7 Å². The van der Waals surface area contributed by atoms with Gasteiger partial charge >= 0.3 is 5.97 Å². The van der Waals surface area contributed by atoms with Crippen molar-refractivity contribution in [3.63, 3.8) is 0 Å². The Bertz CT molecular complexity index is 987. The molecule has 0 heterocycles. The molecule has 6 nitrogen and oxygen atoms in total. The van der Waals surface area contributed by atoms with Gasteiger partial charge in [-0.1, -0.05) is 13.3 Å². The molecule has 0 aromatic heterocycles. The van der Waals surface area contributed by atoms with Crippen LogP contribution in [-0.2, 0) is 11.2 Å². The van der Waals surface area contributed by atoms with Gasteiger partial charge in [0.25, 0.3) is 0 Å². The number of Topliss-reactive ketones (excluding diaryl/α,β-unsaturated/α-hetero) is 1. The van der Waals surface area contributed by atoms with Crippen molar-refractivity contribution in [1.82, 2.24) is 0 Å². The Hall–Kier alpha value is -2.54. The number of methoxy groups -OCH3 is 1. The van der Waals surface area contributed by atoms with Crippen LogP contribution in [0.25, 0.3) is 0 Å². The molecule has 1 aliphatic rings. The highest BCUT2D eigenvalue weighted by Gasteiger charge is 2.27. The van der Waals surface area contributed by atoms with Gasteiger partial charge in [-0.3, -0.25) is 4.79 Å². The zero-order valence-corrected chi connectivity index (χ0v) is 20.2. The van der Waals surface area contributed by atoms with E-state index in [0.717, 1.165) is 25.7 Å². The van der Waals surface area contributed by atoms with Crippen LogP contribution in [0, 0.1) is 0 Å². The number of halogens is 1. The van der Waals surface area contributed by atoms with Gasteiger partial charge in [-0.25, -0.2) is 4.79 Å². The average Bonchev–Trinajstić information content (AvgIpc) is 2.77. The van der Waals surface area contributed by atoms with Crippen LogP contribution in [0.4, 0.5) is 0 Å². The summed E-state index contributed by atoms with van der Waals surface area (Å²) in [6.45, 7) is 3.47. The van der Waals surface area contributed by atoms with E-state index in [0.29, 0.717) is 45.5 Å². The van der Waals surface area contributed by atoms with Crippen LogP contribution in [0.15, 0.2) is 34.8 Å². The fraction of sp³-hybridized carbons (Fsp3) is 0.440. The third-order valence-corrected chi connectivity index (χ3v) is 6.26. The molecule has 0 radical (unpaired) electrons. The molecule has 2 atom stereocenters. The van der Waals surface area contributed by atoms with E-state index in [1.807, 2.05) is 6.92 Å². The number of hydrogen-bond acceptors (Lipinski definition) is 6. The fourth-order valence-electron chi connectivity index (χ4n) is 4.02. The molecular formula is C25H29BrO6. The molecule has 2 aromatic rings. The number of aromatic hydroxyl groups is 1. The quantitative estimate of drug-likeness (QED) is 0.357. The maximum Gasteiger partial charge on any atom is 0.337 e. The number of carbonyl (C=O) groups is 2. The van der Waals surface area contributed by atoms with Crippen molar-refractivity contribution in [2.45, 2.75) is 64.6 Å². The van der Waals surface area contributed by atoms with Crippen LogP contribution < -0.4 is 9.47 Å². The summed E-state index contributed by atoms with van der Waals surface area (Å²) in [5.74, 6) is 0.753. The number of esters is 1. The highest BCUT2D eigenvalue weighted by molar-refractivity contribution is 9.10. The van der Waals surface area contributed by atoms with Crippen molar-refractivity contribution in [2.24, 2.45) is 0 Å². The number of ketones is 1. The molecule has 0 amide bonds. The Morgan fingerprint density at radius 1 is 1.09 bits per heavy atom. The molecule has 3 rings (SSSR count). The lowest BCUT2D eigenvalue weighted by molar-refractivity contribution is 0.0600. The van der Waals surface area contributed by atoms with Crippen molar-refractivity contribution in [3.05, 3.63) is 51.5 Å². The van der Waals surface area contributed by atoms with E-state index < -0.39 is 5.97 Å². The first kappa shape index (κ1) is 24.1. The topological polar surface area (TPSA) is 82.1 Å². The molecule has 0 aliphatic heterocycles. The molecule has 7 heteroatoms. The van der Waals surface area contributed by atoms with E-state index in [1.54, 1.807) is 30.3 Å². The van der Waals surface area contributed by atoms with Crippen molar-refractivity contribution in [3.8, 4) is 17.2 Å². The van der Waals surface area contributed by atoms with Gasteiger partial charge in [-0.2, -0.15) is 0 Å². The zero-order chi connectivity index (χ0) is 23.3. The Kier molecular flexibility index (Phi) is 8.18. The normalized spacial score (nSPS) is 18.1. The van der Waals surface area contributed by atoms with E-state index >= 15 is 0 Å². The van der Waals surface area contributed by atoms with Gasteiger partial charge in [-0.05, 0) is 78.9 Å². The minimum Gasteiger partial charge on any atom is -0.507 e. The van der Waals surface area contributed by atoms with Crippen molar-refractivity contribution in [1.29, 1.82) is 0 Å². The van der Waals surface area contributed by atoms with Gasteiger partial charge in [0.2, 0.25) is 0 Å². The Morgan fingerprint density at radius 2 is 1.75 bits per heavy atom. The van der Waals surface area contributed by atoms with E-state index in [9.17, 15) is 14.7 Å². The second kappa shape index (κ2) is 10.9. The molecule has 1 aliphatic carbocycles. The van der Waals surface area contributed by atoms with E-state index in [-0.39, 0.29) is 23.7 Å². The standard InChI is InChI=1S/C25H29BrO6/c1-4-6-20-22(12-10-19(15(2)27)24(20)28)31-17-7-5-8-18(14-17)32-23-11-9-16(13-21(23)26)25(29)30-3/h9-13,17-18,28H,4-8,14H2,1-3H3. The number of carbonyl (C=O) groups excluding carboxylic acids is 2. The summed E-state index contributed by atoms with van der Waals surface area (Å²) in [6, 6.07) is 8.54. The summed E-state index contributed by atoms with van der Waals surface area (Å²) < 4.78 is 17.9. The number of ether oxygens (including phenoxy) is 3. The lowest BCUT2D eigenvalue weighted by Crippen LogP contribution is -2.32. The van der Waals surface area contributed by atoms with Gasteiger partial charge < -0.3 is 19.3 Å². The van der Waals surface area contributed by atoms with E-state index in [2.05, 4.69) is 15.9 Å². The largest absolute Gasteiger partial charge is 0.507 e. The second-order valence-corrected chi connectivity index (χ2v) is 8.88. The maximum absolute atomic E-state index is 11.8. The average molecular weight is 505 g/mol. The van der Waals surface area contributed by atoms with Crippen molar-refractivity contribution in [2.75, 3.05) is 7.11 Å². The molecule has 0 bridgehead atoms. The highest BCUT2D eigenvalue weighted by atomic mass is 79.9. The number of phenols is 1. The first-order valence-electron chi connectivity index (χ1n) is 10.9. The number of benzene rings is 2. The van der Waals surface area contributed by atoms with Gasteiger partial charge in [-0.15, -0.1) is 0 Å². The predicted octanol–water partition coefficient (Wildman–Crippen LogP) is 5.87. The molecule has 0 spiro atoms. The van der Waals surface area contributed by atoms with Crippen LogP contribution >= 0.6 is 15.9 Å².